The number of phenolic OH excluding ortho intramolecular Hbond substituents is 1. The van der Waals surface area contributed by atoms with Gasteiger partial charge in [0.05, 0.1) is 30.1 Å². The van der Waals surface area contributed by atoms with Crippen LogP contribution in [-0.4, -0.2) is 107 Å². The molecule has 5 atom stereocenters. The maximum Gasteiger partial charge on any atom is 0.472 e. The number of aliphatic hydroxyl groups excluding tert-OH is 1. The summed E-state index contributed by atoms with van der Waals surface area (Å²) >= 11 is 0.964. The molecule has 64 heavy (non-hydrogen) atoms. The number of imide groups is 1. The number of phosphoric ester groups is 1. The molecule has 4 aliphatic rings. The number of aromatic carboxylic acids is 1. The number of phenols is 1. The highest BCUT2D eigenvalue weighted by Crippen LogP contribution is 2.45. The van der Waals surface area contributed by atoms with E-state index in [9.17, 15) is 63.1 Å². The third kappa shape index (κ3) is 10.00. The van der Waals surface area contributed by atoms with Gasteiger partial charge in [-0.25, -0.2) is 14.2 Å². The van der Waals surface area contributed by atoms with Crippen LogP contribution in [0.2, 0.25) is 0 Å². The Balaban J connectivity index is 0.884. The number of aromatic hydroxyl groups is 1. The Hall–Kier alpha value is -6.46. The number of carbonyl (C=O) groups excluding carboxylic acids is 4. The third-order valence-electron chi connectivity index (χ3n) is 10.3. The van der Waals surface area contributed by atoms with Crippen LogP contribution in [0, 0.1) is 6.92 Å². The summed E-state index contributed by atoms with van der Waals surface area (Å²) < 4.78 is 35.0. The van der Waals surface area contributed by atoms with E-state index < -0.39 is 85.4 Å². The zero-order valence-corrected chi connectivity index (χ0v) is 35.1. The lowest BCUT2D eigenvalue weighted by molar-refractivity contribution is -0.138. The Labute approximate surface area is 363 Å². The highest BCUT2D eigenvalue weighted by molar-refractivity contribution is 8.00. The first-order valence-electron chi connectivity index (χ1n) is 19.3. The van der Waals surface area contributed by atoms with E-state index in [2.05, 4.69) is 15.8 Å². The fourth-order valence-electron chi connectivity index (χ4n) is 7.10. The number of carbonyl (C=O) groups is 5. The van der Waals surface area contributed by atoms with E-state index in [0.29, 0.717) is 16.5 Å². The van der Waals surface area contributed by atoms with Crippen LogP contribution in [0.1, 0.15) is 51.8 Å². The predicted octanol–water partition coefficient (Wildman–Crippen LogP) is 1.62. The zero-order chi connectivity index (χ0) is 46.0. The fourth-order valence-corrected chi connectivity index (χ4v) is 8.95. The minimum atomic E-state index is -4.69. The number of benzene rings is 3. The average molecular weight is 924 g/mol. The van der Waals surface area contributed by atoms with E-state index in [0.717, 1.165) is 21.2 Å². The van der Waals surface area contributed by atoms with Gasteiger partial charge < -0.3 is 29.4 Å². The Bertz CT molecular complexity index is 2900. The number of aromatic nitrogens is 2. The quantitative estimate of drug-likeness (QED) is 0.0258. The van der Waals surface area contributed by atoms with E-state index in [1.165, 1.54) is 67.7 Å². The van der Waals surface area contributed by atoms with Crippen LogP contribution in [0.4, 0.5) is 0 Å². The number of aromatic amines is 1. The molecule has 22 nitrogen and oxygen atoms in total. The first kappa shape index (κ1) is 45.6. The van der Waals surface area contributed by atoms with Crippen molar-refractivity contribution in [3.8, 4) is 28.2 Å². The third-order valence-corrected chi connectivity index (χ3v) is 12.4. The van der Waals surface area contributed by atoms with Gasteiger partial charge in [-0.05, 0) is 55.0 Å². The highest BCUT2D eigenvalue weighted by atomic mass is 32.2. The van der Waals surface area contributed by atoms with Gasteiger partial charge in [-0.1, -0.05) is 0 Å². The second kappa shape index (κ2) is 18.7. The lowest BCUT2D eigenvalue weighted by Crippen LogP contribution is -2.43. The molecule has 4 amide bonds. The molecular formula is C40H38N5O17PS. The number of hydrazine groups is 1. The van der Waals surface area contributed by atoms with Crippen LogP contribution < -0.4 is 27.5 Å². The number of thioether (sulfide) groups is 1. The van der Waals surface area contributed by atoms with Gasteiger partial charge >= 0.3 is 19.5 Å². The van der Waals surface area contributed by atoms with Gasteiger partial charge in [-0.2, -0.15) is 0 Å². The number of aliphatic hydroxyl groups is 1. The van der Waals surface area contributed by atoms with Gasteiger partial charge in [0.2, 0.25) is 17.7 Å². The average Bonchev–Trinajstić information content (AvgIpc) is 3.75. The second-order valence-electron chi connectivity index (χ2n) is 14.6. The monoisotopic (exact) mass is 923 g/mol. The van der Waals surface area contributed by atoms with Crippen LogP contribution in [0.5, 0.6) is 5.75 Å². The van der Waals surface area contributed by atoms with Crippen molar-refractivity contribution >= 4 is 60.2 Å². The van der Waals surface area contributed by atoms with Crippen molar-refractivity contribution in [1.82, 2.24) is 25.3 Å². The Morgan fingerprint density at radius 1 is 1.00 bits per heavy atom. The summed E-state index contributed by atoms with van der Waals surface area (Å²) in [6.07, 6.45) is -2.72. The number of H-pyrrole nitrogens is 1. The smallest absolute Gasteiger partial charge is 0.472 e. The number of carboxylic acid groups (broad SMARTS) is 1. The first-order chi connectivity index (χ1) is 30.4. The van der Waals surface area contributed by atoms with Gasteiger partial charge in [0.1, 0.15) is 29.4 Å². The normalized spacial score (nSPS) is 19.6. The topological polar surface area (TPSA) is 323 Å². The molecule has 2 unspecified atom stereocenters. The molecule has 7 rings (SSSR count). The predicted molar refractivity (Wildman–Crippen MR) is 223 cm³/mol. The summed E-state index contributed by atoms with van der Waals surface area (Å²) in [4.78, 5) is 113. The van der Waals surface area contributed by atoms with E-state index in [1.807, 2.05) is 0 Å². The molecule has 2 aromatic carbocycles. The molecular weight excluding hydrogens is 885 g/mol. The number of aryl methyl sites for hydroxylation is 1. The first-order valence-corrected chi connectivity index (χ1v) is 21.8. The lowest BCUT2D eigenvalue weighted by atomic mass is 9.89. The summed E-state index contributed by atoms with van der Waals surface area (Å²) in [6, 6.07) is 11.8. The maximum absolute atomic E-state index is 13.2. The number of hydrogen-bond donors (Lipinski definition) is 7. The largest absolute Gasteiger partial charge is 0.508 e. The van der Waals surface area contributed by atoms with Crippen molar-refractivity contribution in [2.45, 2.75) is 49.9 Å². The Morgan fingerprint density at radius 2 is 1.78 bits per heavy atom. The van der Waals surface area contributed by atoms with Gasteiger partial charge in [0, 0.05) is 77.5 Å². The van der Waals surface area contributed by atoms with Crippen molar-refractivity contribution in [1.29, 1.82) is 0 Å². The summed E-state index contributed by atoms with van der Waals surface area (Å²) in [6.45, 7) is 0.169. The minimum absolute atomic E-state index is 0.0249. The SMILES string of the molecule is Cc1cn([C@H]2C[C@@H](O)[C@@H](COP(=O)(O)OCCSC3CC(=O)N(CCC(=O)NNC(=O)c4ccc(C(=O)O)c(-c5c6ccc(=O)cc-6oc6cc(O)ccc56)c4)C3=O)O2)c(=O)[nH]c1=O. The number of nitrogens with one attached hydrogen (secondary N) is 3. The summed E-state index contributed by atoms with van der Waals surface area (Å²) in [5, 5.41) is 30.0. The van der Waals surface area contributed by atoms with Crippen molar-refractivity contribution in [2.24, 2.45) is 0 Å². The number of hydrogen-bond acceptors (Lipinski definition) is 16. The number of phosphoric acid groups is 1. The Kier molecular flexibility index (Phi) is 13.3. The van der Waals surface area contributed by atoms with Crippen LogP contribution in [-0.2, 0) is 32.7 Å². The van der Waals surface area contributed by atoms with Crippen LogP contribution in [0.25, 0.3) is 33.4 Å². The van der Waals surface area contributed by atoms with Crippen LogP contribution >= 0.6 is 19.6 Å². The van der Waals surface area contributed by atoms with Gasteiger partial charge in [0.25, 0.3) is 11.5 Å². The molecule has 0 bridgehead atoms. The molecule has 336 valence electrons. The minimum Gasteiger partial charge on any atom is -0.508 e. The summed E-state index contributed by atoms with van der Waals surface area (Å²) in [5.74, 6) is -4.23. The van der Waals surface area contributed by atoms with E-state index in [1.54, 1.807) is 0 Å². The fraction of sp³-hybridized carbons (Fsp3) is 0.300. The lowest BCUT2D eigenvalue weighted by Gasteiger charge is -2.18. The molecule has 24 heteroatoms. The number of ether oxygens (including phenoxy) is 1. The number of carboxylic acids is 1. The molecule has 2 fully saturated rings. The van der Waals surface area contributed by atoms with E-state index in [4.69, 9.17) is 18.2 Å². The molecule has 3 aliphatic heterocycles. The van der Waals surface area contributed by atoms with Crippen molar-refractivity contribution < 1.29 is 67.0 Å². The maximum atomic E-state index is 13.2. The molecule has 0 spiro atoms. The molecule has 1 aliphatic carbocycles. The number of amides is 4. The van der Waals surface area contributed by atoms with Crippen LogP contribution in [0.15, 0.2) is 79.6 Å². The molecule has 2 saturated heterocycles. The van der Waals surface area contributed by atoms with Gasteiger partial charge in [-0.3, -0.25) is 63.1 Å². The number of likely N-dealkylation sites (tertiary alicyclic amines) is 1. The van der Waals surface area contributed by atoms with Crippen LogP contribution in [0.3, 0.4) is 0 Å². The van der Waals surface area contributed by atoms with E-state index >= 15 is 0 Å². The molecule has 0 saturated carbocycles. The van der Waals surface area contributed by atoms with Crippen molar-refractivity contribution in [3.63, 3.8) is 0 Å². The highest BCUT2D eigenvalue weighted by Gasteiger charge is 2.40. The number of rotatable bonds is 15. The van der Waals surface area contributed by atoms with Crippen molar-refractivity contribution in [3.05, 3.63) is 109 Å². The summed E-state index contributed by atoms with van der Waals surface area (Å²) in [7, 11) is -4.69. The molecule has 4 heterocycles. The zero-order valence-electron chi connectivity index (χ0n) is 33.4. The number of fused-ring (bicyclic) bond motifs is 2. The molecule has 7 N–H and O–H groups in total. The van der Waals surface area contributed by atoms with Crippen molar-refractivity contribution in [2.75, 3.05) is 25.5 Å². The standard InChI is InChI=1S/C40H38N5O17PS/c1-19-17-45(40(56)41-36(19)51)34-15-27(48)30(62-34)18-60-63(57,58)59-10-11-64-31-16-33(50)44(38(31)53)9-8-32(49)42-43-37(52)20-2-5-23(39(54)55)26(12-20)35-24-6-3-21(46)13-28(24)61-29-14-22(47)4-7-25(29)35/h2-7,12-14,17,27,30-31,34,46,48H,8-11,15-16,18H2,1H3,(H,42,49)(H,43,52)(H,54,55)(H,57,58)(H,41,51,56)/t27-,30-,31?,34-/m1/s1. The number of nitrogens with zero attached hydrogens (tertiary/aromatic N) is 2. The van der Waals surface area contributed by atoms with Gasteiger partial charge in [-0.15, -0.1) is 11.8 Å². The second-order valence-corrected chi connectivity index (χ2v) is 17.4. The van der Waals surface area contributed by atoms with Gasteiger partial charge in [0.15, 0.2) is 5.43 Å². The molecule has 0 radical (unpaired) electrons. The summed E-state index contributed by atoms with van der Waals surface area (Å²) in [5.41, 5.74) is 3.48. The van der Waals surface area contributed by atoms with E-state index in [-0.39, 0.29) is 76.5 Å². The Morgan fingerprint density at radius 3 is 2.55 bits per heavy atom. The molecule has 3 aromatic rings. The molecule has 1 aromatic heterocycles.